The fraction of sp³-hybridized carbons (Fsp3) is 0.135. The molecule has 0 fully saturated rings. The maximum Gasteiger partial charge on any atom is 0.159 e. The summed E-state index contributed by atoms with van der Waals surface area (Å²) in [7, 11) is 0. The van der Waals surface area contributed by atoms with Crippen molar-refractivity contribution in [2.75, 3.05) is 9.80 Å². The average Bonchev–Trinajstić information content (AvgIpc) is 3.99. The number of nitrogens with zero attached hydrogens (tertiary/aromatic N) is 2. The van der Waals surface area contributed by atoms with Crippen LogP contribution in [0.1, 0.15) is 72.9 Å². The summed E-state index contributed by atoms with van der Waals surface area (Å²) in [6.07, 6.45) is 0. The zero-order valence-corrected chi connectivity index (χ0v) is 45.6. The molecule has 12 aromatic carbocycles. The minimum Gasteiger partial charge on any atom is -0.505 e. The summed E-state index contributed by atoms with van der Waals surface area (Å²) < 4.78 is 7.27. The van der Waals surface area contributed by atoms with Gasteiger partial charge in [-0.3, -0.25) is 0 Å². The first kappa shape index (κ1) is 48.5. The SMILES string of the molecule is Cc1ccc(N(c2cccc(-c3cccc(-c4ccccc4C(C)C)c3)c2O)c2ccc3ccc4c(N(c5ccc(C)c(C)c5)c5cccc6c5oc5c(-c7ccccc7C(C)C)cccc56)ccc5ccc2c3c54)cc1C. The van der Waals surface area contributed by atoms with Crippen molar-refractivity contribution in [1.29, 1.82) is 0 Å². The summed E-state index contributed by atoms with van der Waals surface area (Å²) >= 11 is 0. The Balaban J connectivity index is 1.02. The molecule has 0 amide bonds. The van der Waals surface area contributed by atoms with Gasteiger partial charge < -0.3 is 19.3 Å². The molecule has 4 heteroatoms. The first-order valence-corrected chi connectivity index (χ1v) is 27.4. The van der Waals surface area contributed by atoms with Crippen LogP contribution < -0.4 is 9.80 Å². The zero-order valence-electron chi connectivity index (χ0n) is 45.6. The Labute approximate surface area is 457 Å². The van der Waals surface area contributed by atoms with Crippen LogP contribution in [0.4, 0.5) is 34.1 Å². The number of para-hydroxylation sites is 3. The molecule has 0 aliphatic carbocycles. The molecule has 0 radical (unpaired) electrons. The Morgan fingerprint density at radius 3 is 1.41 bits per heavy atom. The highest BCUT2D eigenvalue weighted by atomic mass is 16.3. The molecule has 0 saturated carbocycles. The molecule has 0 unspecified atom stereocenters. The molecule has 13 rings (SSSR count). The molecule has 380 valence electrons. The van der Waals surface area contributed by atoms with Gasteiger partial charge in [-0.25, -0.2) is 0 Å². The third kappa shape index (κ3) is 7.97. The van der Waals surface area contributed by atoms with Crippen molar-refractivity contribution in [1.82, 2.24) is 0 Å². The van der Waals surface area contributed by atoms with E-state index < -0.39 is 0 Å². The average molecular weight is 1010 g/mol. The van der Waals surface area contributed by atoms with Crippen LogP contribution in [0.2, 0.25) is 0 Å². The van der Waals surface area contributed by atoms with E-state index in [1.807, 2.05) is 12.1 Å². The number of hydrogen-bond acceptors (Lipinski definition) is 4. The van der Waals surface area contributed by atoms with E-state index >= 15 is 0 Å². The summed E-state index contributed by atoms with van der Waals surface area (Å²) in [6, 6.07) is 76.8. The molecule has 1 aromatic heterocycles. The van der Waals surface area contributed by atoms with Crippen LogP contribution in [-0.4, -0.2) is 5.11 Å². The number of hydrogen-bond donors (Lipinski definition) is 1. The van der Waals surface area contributed by atoms with Crippen LogP contribution >= 0.6 is 0 Å². The number of furan rings is 1. The number of benzene rings is 12. The number of fused-ring (bicyclic) bond motifs is 3. The first-order valence-electron chi connectivity index (χ1n) is 27.4. The van der Waals surface area contributed by atoms with Crippen LogP contribution in [-0.2, 0) is 0 Å². The van der Waals surface area contributed by atoms with Gasteiger partial charge in [-0.2, -0.15) is 0 Å². The summed E-state index contributed by atoms with van der Waals surface area (Å²) in [5.41, 5.74) is 21.3. The Morgan fingerprint density at radius 2 is 0.808 bits per heavy atom. The fourth-order valence-corrected chi connectivity index (χ4v) is 12.2. The van der Waals surface area contributed by atoms with Gasteiger partial charge in [-0.15, -0.1) is 0 Å². The van der Waals surface area contributed by atoms with Crippen molar-refractivity contribution in [2.24, 2.45) is 0 Å². The molecule has 1 N–H and O–H groups in total. The minimum absolute atomic E-state index is 0.220. The van der Waals surface area contributed by atoms with Crippen LogP contribution in [0.5, 0.6) is 5.75 Å². The van der Waals surface area contributed by atoms with Gasteiger partial charge in [-0.05, 0) is 171 Å². The van der Waals surface area contributed by atoms with E-state index in [2.05, 4.69) is 265 Å². The van der Waals surface area contributed by atoms with Gasteiger partial charge in [0, 0.05) is 44.0 Å². The number of phenols is 1. The predicted molar refractivity (Wildman–Crippen MR) is 332 cm³/mol. The highest BCUT2D eigenvalue weighted by Crippen LogP contribution is 2.52. The molecule has 1 heterocycles. The topological polar surface area (TPSA) is 39.9 Å². The van der Waals surface area contributed by atoms with Gasteiger partial charge in [0.15, 0.2) is 5.58 Å². The van der Waals surface area contributed by atoms with Gasteiger partial charge in [0.05, 0.1) is 22.7 Å². The largest absolute Gasteiger partial charge is 0.505 e. The third-order valence-corrected chi connectivity index (χ3v) is 16.5. The van der Waals surface area contributed by atoms with Crippen LogP contribution in [0, 0.1) is 27.7 Å². The van der Waals surface area contributed by atoms with Crippen molar-refractivity contribution in [2.45, 2.75) is 67.2 Å². The van der Waals surface area contributed by atoms with Crippen LogP contribution in [0.3, 0.4) is 0 Å². The maximum atomic E-state index is 12.8. The van der Waals surface area contributed by atoms with Crippen LogP contribution in [0.25, 0.3) is 87.6 Å². The fourth-order valence-electron chi connectivity index (χ4n) is 12.2. The summed E-state index contributed by atoms with van der Waals surface area (Å²) in [4.78, 5) is 4.67. The molecule has 0 bridgehead atoms. The normalized spacial score (nSPS) is 11.9. The molecule has 0 atom stereocenters. The van der Waals surface area contributed by atoms with Crippen LogP contribution in [0.15, 0.2) is 217 Å². The molecular formula is C74H62N2O2. The predicted octanol–water partition coefficient (Wildman–Crippen LogP) is 21.6. The second-order valence-electron chi connectivity index (χ2n) is 22.0. The quantitative estimate of drug-likeness (QED) is 0.131. The summed E-state index contributed by atoms with van der Waals surface area (Å²) in [5.74, 6) is 0.937. The lowest BCUT2D eigenvalue weighted by Crippen LogP contribution is -2.12. The second kappa shape index (κ2) is 19.2. The maximum absolute atomic E-state index is 12.8. The van der Waals surface area contributed by atoms with Gasteiger partial charge in [0.25, 0.3) is 0 Å². The van der Waals surface area contributed by atoms with Gasteiger partial charge in [0.1, 0.15) is 11.3 Å². The Bertz CT molecular complexity index is 4480. The molecule has 0 spiro atoms. The zero-order chi connectivity index (χ0) is 53.5. The standard InChI is InChI=1S/C74H62N2O2/c1-44(2)56-19-9-11-21-58(56)52-17-13-18-53(43-52)59-23-15-27-68(72(59)77)75(54-35-29-46(5)48(7)41-54)66-39-33-50-32-38-65-67(40-34-51-31-37-64(66)70(50)71(51)65)76(55-36-30-47(6)49(8)42-55)69-28-16-26-63-62-25-14-24-61(73(62)78-74(63)69)60-22-12-10-20-57(60)45(3)4/h9-45,77H,1-8H3. The number of aromatic hydroxyl groups is 1. The lowest BCUT2D eigenvalue weighted by atomic mass is 9.90. The van der Waals surface area contributed by atoms with Gasteiger partial charge >= 0.3 is 0 Å². The molecular weight excluding hydrogens is 949 g/mol. The molecule has 0 aliphatic rings. The lowest BCUT2D eigenvalue weighted by Gasteiger charge is -2.30. The second-order valence-corrected chi connectivity index (χ2v) is 22.0. The lowest BCUT2D eigenvalue weighted by molar-refractivity contribution is 0.478. The first-order chi connectivity index (χ1) is 37.9. The highest BCUT2D eigenvalue weighted by Gasteiger charge is 2.27. The molecule has 0 aliphatic heterocycles. The van der Waals surface area contributed by atoms with E-state index in [0.717, 1.165) is 94.2 Å². The van der Waals surface area contributed by atoms with Crippen molar-refractivity contribution in [3.05, 3.63) is 246 Å². The number of rotatable bonds is 11. The van der Waals surface area contributed by atoms with Gasteiger partial charge in [0.2, 0.25) is 0 Å². The Kier molecular flexibility index (Phi) is 11.9. The highest BCUT2D eigenvalue weighted by molar-refractivity contribution is 6.28. The van der Waals surface area contributed by atoms with Crippen molar-refractivity contribution in [3.8, 4) is 39.1 Å². The Morgan fingerprint density at radius 1 is 0.346 bits per heavy atom. The molecule has 0 saturated heterocycles. The third-order valence-electron chi connectivity index (χ3n) is 16.5. The molecule has 13 aromatic rings. The number of aryl methyl sites for hydroxylation is 4. The summed E-state index contributed by atoms with van der Waals surface area (Å²) in [5, 5.41) is 21.9. The van der Waals surface area contributed by atoms with Crippen molar-refractivity contribution >= 4 is 88.4 Å². The van der Waals surface area contributed by atoms with E-state index in [1.165, 1.54) is 55.3 Å². The van der Waals surface area contributed by atoms with E-state index in [9.17, 15) is 5.11 Å². The Hall–Kier alpha value is -9.12. The number of anilines is 6. The van der Waals surface area contributed by atoms with Gasteiger partial charge in [-0.1, -0.05) is 185 Å². The van der Waals surface area contributed by atoms with Crippen molar-refractivity contribution < 1.29 is 9.52 Å². The molecule has 78 heavy (non-hydrogen) atoms. The van der Waals surface area contributed by atoms with E-state index in [0.29, 0.717) is 17.5 Å². The monoisotopic (exact) mass is 1010 g/mol. The number of phenolic OH excluding ortho intramolecular Hbond substituents is 1. The van der Waals surface area contributed by atoms with Crippen molar-refractivity contribution in [3.63, 3.8) is 0 Å². The molecule has 4 nitrogen and oxygen atoms in total. The summed E-state index contributed by atoms with van der Waals surface area (Å²) in [6.45, 7) is 17.7. The van der Waals surface area contributed by atoms with E-state index in [-0.39, 0.29) is 5.75 Å². The van der Waals surface area contributed by atoms with E-state index in [1.54, 1.807) is 0 Å². The van der Waals surface area contributed by atoms with E-state index in [4.69, 9.17) is 4.42 Å². The smallest absolute Gasteiger partial charge is 0.159 e. The minimum atomic E-state index is 0.220.